The van der Waals surface area contributed by atoms with E-state index in [0.717, 1.165) is 17.3 Å². The number of hydrogen-bond donors (Lipinski definition) is 0. The SMILES string of the molecule is O=C1S/C(=C/c2cccc(OCc3c(F)cccc3Cl)c2)C(=O)N1Cc1ccc(Cl)cc1. The lowest BCUT2D eigenvalue weighted by Crippen LogP contribution is -2.27. The molecule has 0 radical (unpaired) electrons. The topological polar surface area (TPSA) is 46.6 Å². The fourth-order valence-electron chi connectivity index (χ4n) is 3.08. The maximum atomic E-state index is 13.9. The molecule has 8 heteroatoms. The van der Waals surface area contributed by atoms with Gasteiger partial charge in [0.1, 0.15) is 18.2 Å². The van der Waals surface area contributed by atoms with E-state index in [-0.39, 0.29) is 34.9 Å². The molecule has 0 saturated carbocycles. The van der Waals surface area contributed by atoms with E-state index in [4.69, 9.17) is 27.9 Å². The average Bonchev–Trinajstić information content (AvgIpc) is 3.02. The highest BCUT2D eigenvalue weighted by molar-refractivity contribution is 8.18. The zero-order valence-corrected chi connectivity index (χ0v) is 18.9. The van der Waals surface area contributed by atoms with Crippen molar-refractivity contribution in [3.63, 3.8) is 0 Å². The zero-order chi connectivity index (χ0) is 22.7. The normalized spacial score (nSPS) is 15.0. The minimum atomic E-state index is -0.442. The number of thioether (sulfide) groups is 1. The van der Waals surface area contributed by atoms with Gasteiger partial charge >= 0.3 is 0 Å². The first-order chi connectivity index (χ1) is 15.4. The lowest BCUT2D eigenvalue weighted by Gasteiger charge is -2.12. The predicted octanol–water partition coefficient (Wildman–Crippen LogP) is 6.95. The van der Waals surface area contributed by atoms with Gasteiger partial charge < -0.3 is 4.74 Å². The molecule has 2 amide bonds. The van der Waals surface area contributed by atoms with Crippen LogP contribution < -0.4 is 4.74 Å². The van der Waals surface area contributed by atoms with E-state index in [1.165, 1.54) is 17.0 Å². The summed E-state index contributed by atoms with van der Waals surface area (Å²) in [6.07, 6.45) is 1.63. The molecule has 1 heterocycles. The van der Waals surface area contributed by atoms with Crippen LogP contribution in [0, 0.1) is 5.82 Å². The smallest absolute Gasteiger partial charge is 0.293 e. The van der Waals surface area contributed by atoms with Crippen LogP contribution in [0.25, 0.3) is 6.08 Å². The first-order valence-electron chi connectivity index (χ1n) is 9.56. The van der Waals surface area contributed by atoms with Crippen LogP contribution in [0.2, 0.25) is 10.0 Å². The summed E-state index contributed by atoms with van der Waals surface area (Å²) in [5.41, 5.74) is 1.75. The van der Waals surface area contributed by atoms with E-state index in [1.54, 1.807) is 60.7 Å². The molecule has 4 rings (SSSR count). The van der Waals surface area contributed by atoms with E-state index in [2.05, 4.69) is 0 Å². The van der Waals surface area contributed by atoms with Crippen LogP contribution in [0.1, 0.15) is 16.7 Å². The summed E-state index contributed by atoms with van der Waals surface area (Å²) in [5.74, 6) is -0.319. The van der Waals surface area contributed by atoms with Gasteiger partial charge in [0.25, 0.3) is 11.1 Å². The van der Waals surface area contributed by atoms with E-state index in [0.29, 0.717) is 21.2 Å². The molecule has 0 atom stereocenters. The number of hydrogen-bond acceptors (Lipinski definition) is 4. The Hall–Kier alpha value is -2.80. The van der Waals surface area contributed by atoms with E-state index < -0.39 is 5.82 Å². The second-order valence-electron chi connectivity index (χ2n) is 6.96. The van der Waals surface area contributed by atoms with Crippen LogP contribution >= 0.6 is 35.0 Å². The number of rotatable bonds is 6. The molecular weight excluding hydrogens is 472 g/mol. The number of benzene rings is 3. The first kappa shape index (κ1) is 22.4. The average molecular weight is 488 g/mol. The van der Waals surface area contributed by atoms with Gasteiger partial charge in [-0.3, -0.25) is 14.5 Å². The second-order valence-corrected chi connectivity index (χ2v) is 8.79. The van der Waals surface area contributed by atoms with Gasteiger partial charge in [-0.15, -0.1) is 0 Å². The number of ether oxygens (including phenoxy) is 1. The Labute approximate surface area is 198 Å². The van der Waals surface area contributed by atoms with E-state index >= 15 is 0 Å². The highest BCUT2D eigenvalue weighted by Gasteiger charge is 2.34. The second kappa shape index (κ2) is 9.77. The minimum absolute atomic E-state index is 0.0352. The summed E-state index contributed by atoms with van der Waals surface area (Å²) < 4.78 is 19.6. The Bertz CT molecular complexity index is 1190. The van der Waals surface area contributed by atoms with Gasteiger partial charge in [0, 0.05) is 10.6 Å². The quantitative estimate of drug-likeness (QED) is 0.353. The van der Waals surface area contributed by atoms with Gasteiger partial charge in [0.2, 0.25) is 0 Å². The molecule has 1 saturated heterocycles. The van der Waals surface area contributed by atoms with Crippen molar-refractivity contribution >= 4 is 52.2 Å². The molecule has 1 fully saturated rings. The van der Waals surface area contributed by atoms with Crippen LogP contribution in [0.15, 0.2) is 71.6 Å². The number of nitrogens with zero attached hydrogens (tertiary/aromatic N) is 1. The first-order valence-corrected chi connectivity index (χ1v) is 11.1. The third-order valence-corrected chi connectivity index (χ3v) is 6.24. The lowest BCUT2D eigenvalue weighted by molar-refractivity contribution is -0.123. The molecule has 3 aromatic rings. The molecule has 0 bridgehead atoms. The standard InChI is InChI=1S/C24H16Cl2FNO3S/c25-17-9-7-15(8-10-17)13-28-23(29)22(32-24(28)30)12-16-3-1-4-18(11-16)31-14-19-20(26)5-2-6-21(19)27/h1-12H,13-14H2/b22-12+. The third kappa shape index (κ3) is 5.15. The predicted molar refractivity (Wildman–Crippen MR) is 125 cm³/mol. The Morgan fingerprint density at radius 1 is 1.00 bits per heavy atom. The molecule has 32 heavy (non-hydrogen) atoms. The largest absolute Gasteiger partial charge is 0.489 e. The van der Waals surface area contributed by atoms with Crippen LogP contribution in [0.5, 0.6) is 5.75 Å². The molecular formula is C24H16Cl2FNO3S. The maximum absolute atomic E-state index is 13.9. The van der Waals surface area contributed by atoms with Crippen molar-refractivity contribution in [2.75, 3.05) is 0 Å². The van der Waals surface area contributed by atoms with Crippen LogP contribution in [0.4, 0.5) is 9.18 Å². The monoisotopic (exact) mass is 487 g/mol. The van der Waals surface area contributed by atoms with Crippen molar-refractivity contribution in [2.45, 2.75) is 13.2 Å². The highest BCUT2D eigenvalue weighted by atomic mass is 35.5. The van der Waals surface area contributed by atoms with Gasteiger partial charge in [-0.05, 0) is 65.4 Å². The summed E-state index contributed by atoms with van der Waals surface area (Å²) in [7, 11) is 0. The number of carbonyl (C=O) groups excluding carboxylic acids is 2. The number of halogens is 3. The number of amides is 2. The van der Waals surface area contributed by atoms with Gasteiger partial charge in [-0.1, -0.05) is 53.5 Å². The Morgan fingerprint density at radius 3 is 2.50 bits per heavy atom. The Morgan fingerprint density at radius 2 is 1.75 bits per heavy atom. The molecule has 0 aromatic heterocycles. The fraction of sp³-hybridized carbons (Fsp3) is 0.0833. The molecule has 3 aromatic carbocycles. The van der Waals surface area contributed by atoms with Crippen molar-refractivity contribution in [3.05, 3.63) is 104 Å². The summed E-state index contributed by atoms with van der Waals surface area (Å²) in [6, 6.07) is 18.4. The molecule has 4 nitrogen and oxygen atoms in total. The van der Waals surface area contributed by atoms with Crippen LogP contribution in [-0.4, -0.2) is 16.0 Å². The molecule has 1 aliphatic heterocycles. The Balaban J connectivity index is 1.47. The molecule has 1 aliphatic rings. The van der Waals surface area contributed by atoms with Gasteiger partial charge in [0.15, 0.2) is 0 Å². The van der Waals surface area contributed by atoms with Crippen molar-refractivity contribution in [1.82, 2.24) is 4.90 Å². The van der Waals surface area contributed by atoms with E-state index in [9.17, 15) is 14.0 Å². The summed E-state index contributed by atoms with van der Waals surface area (Å²) in [4.78, 5) is 26.7. The van der Waals surface area contributed by atoms with Crippen molar-refractivity contribution in [1.29, 1.82) is 0 Å². The van der Waals surface area contributed by atoms with Crippen LogP contribution in [-0.2, 0) is 17.9 Å². The molecule has 0 spiro atoms. The van der Waals surface area contributed by atoms with Gasteiger partial charge in [-0.2, -0.15) is 0 Å². The summed E-state index contributed by atoms with van der Waals surface area (Å²) in [5, 5.41) is 0.537. The van der Waals surface area contributed by atoms with Gasteiger partial charge in [0.05, 0.1) is 16.5 Å². The summed E-state index contributed by atoms with van der Waals surface area (Å²) in [6.45, 7) is 0.137. The third-order valence-electron chi connectivity index (χ3n) is 4.73. The molecule has 162 valence electrons. The minimum Gasteiger partial charge on any atom is -0.489 e. The number of carbonyl (C=O) groups is 2. The molecule has 0 unspecified atom stereocenters. The van der Waals surface area contributed by atoms with Gasteiger partial charge in [-0.25, -0.2) is 4.39 Å². The number of imide groups is 1. The summed E-state index contributed by atoms with van der Waals surface area (Å²) >= 11 is 12.8. The fourth-order valence-corrected chi connectivity index (χ4v) is 4.26. The Kier molecular flexibility index (Phi) is 6.84. The lowest BCUT2D eigenvalue weighted by atomic mass is 10.2. The highest BCUT2D eigenvalue weighted by Crippen LogP contribution is 2.34. The zero-order valence-electron chi connectivity index (χ0n) is 16.6. The van der Waals surface area contributed by atoms with Crippen molar-refractivity contribution in [3.8, 4) is 5.75 Å². The molecule has 0 aliphatic carbocycles. The van der Waals surface area contributed by atoms with Crippen molar-refractivity contribution < 1.29 is 18.7 Å². The molecule has 0 N–H and O–H groups in total. The maximum Gasteiger partial charge on any atom is 0.293 e. The van der Waals surface area contributed by atoms with E-state index in [1.807, 2.05) is 0 Å². The van der Waals surface area contributed by atoms with Crippen molar-refractivity contribution in [2.24, 2.45) is 0 Å². The van der Waals surface area contributed by atoms with Crippen LogP contribution in [0.3, 0.4) is 0 Å².